The molecule has 0 aliphatic heterocycles. The Labute approximate surface area is 104 Å². The lowest BCUT2D eigenvalue weighted by Crippen LogP contribution is -2.27. The first-order valence-electron chi connectivity index (χ1n) is 5.78. The second-order valence-corrected chi connectivity index (χ2v) is 7.43. The predicted octanol–water partition coefficient (Wildman–Crippen LogP) is 2.13. The lowest BCUT2D eigenvalue weighted by atomic mass is 10.0. The molecule has 3 nitrogen and oxygen atoms in total. The largest absolute Gasteiger partial charge is 0.323 e. The molecule has 0 bridgehead atoms. The van der Waals surface area contributed by atoms with Crippen molar-refractivity contribution in [2.75, 3.05) is 5.75 Å². The van der Waals surface area contributed by atoms with E-state index in [1.54, 1.807) is 13.8 Å². The maximum Gasteiger partial charge on any atom is 0.154 e. The molecule has 0 saturated carbocycles. The van der Waals surface area contributed by atoms with Gasteiger partial charge in [-0.15, -0.1) is 0 Å². The van der Waals surface area contributed by atoms with Gasteiger partial charge in [0.05, 0.1) is 11.0 Å². The molecule has 1 rings (SSSR count). The average Bonchev–Trinajstić information content (AvgIpc) is 2.21. The number of benzene rings is 1. The Hall–Kier alpha value is -0.870. The van der Waals surface area contributed by atoms with Gasteiger partial charge in [-0.05, 0) is 44.4 Å². The molecule has 2 N–H and O–H groups in total. The van der Waals surface area contributed by atoms with Gasteiger partial charge in [0.1, 0.15) is 0 Å². The smallest absolute Gasteiger partial charge is 0.154 e. The Bertz CT molecular complexity index is 492. The molecule has 0 saturated heterocycles. The van der Waals surface area contributed by atoms with Crippen LogP contribution in [0, 0.1) is 13.8 Å². The third-order valence-corrected chi connectivity index (χ3v) is 5.35. The van der Waals surface area contributed by atoms with Crippen LogP contribution in [-0.2, 0) is 9.84 Å². The normalized spacial score (nSPS) is 14.0. The van der Waals surface area contributed by atoms with Crippen LogP contribution >= 0.6 is 0 Å². The predicted molar refractivity (Wildman–Crippen MR) is 71.8 cm³/mol. The van der Waals surface area contributed by atoms with Crippen molar-refractivity contribution in [3.8, 4) is 0 Å². The van der Waals surface area contributed by atoms with Crippen LogP contribution in [0.1, 0.15) is 36.6 Å². The van der Waals surface area contributed by atoms with Crippen molar-refractivity contribution in [2.45, 2.75) is 39.0 Å². The topological polar surface area (TPSA) is 60.2 Å². The summed E-state index contributed by atoms with van der Waals surface area (Å²) in [5.41, 5.74) is 9.17. The minimum Gasteiger partial charge on any atom is -0.323 e. The molecule has 1 atom stereocenters. The summed E-state index contributed by atoms with van der Waals surface area (Å²) < 4.78 is 23.6. The van der Waals surface area contributed by atoms with Gasteiger partial charge in [-0.25, -0.2) is 8.42 Å². The van der Waals surface area contributed by atoms with E-state index in [2.05, 4.69) is 0 Å². The molecule has 0 spiro atoms. The van der Waals surface area contributed by atoms with Gasteiger partial charge in [0.25, 0.3) is 0 Å². The summed E-state index contributed by atoms with van der Waals surface area (Å²) in [5.74, 6) is 0.00711. The second-order valence-electron chi connectivity index (χ2n) is 4.83. The molecule has 0 aromatic heterocycles. The summed E-state index contributed by atoms with van der Waals surface area (Å²) in [7, 11) is -3.09. The summed E-state index contributed by atoms with van der Waals surface area (Å²) in [6.45, 7) is 7.39. The fraction of sp³-hybridized carbons (Fsp3) is 0.538. The number of aryl methyl sites for hydroxylation is 2. The SMILES string of the molecule is Cc1ccc(C(N)CS(=O)(=O)C(C)C)cc1C. The molecular weight excluding hydrogens is 234 g/mol. The van der Waals surface area contributed by atoms with E-state index in [9.17, 15) is 8.42 Å². The first-order chi connectivity index (χ1) is 7.74. The van der Waals surface area contributed by atoms with E-state index in [-0.39, 0.29) is 11.0 Å². The molecule has 0 radical (unpaired) electrons. The minimum atomic E-state index is -3.09. The Balaban J connectivity index is 2.91. The Morgan fingerprint density at radius 2 is 1.76 bits per heavy atom. The fourth-order valence-corrected chi connectivity index (χ4v) is 2.61. The van der Waals surface area contributed by atoms with Gasteiger partial charge in [0, 0.05) is 6.04 Å². The van der Waals surface area contributed by atoms with Crippen molar-refractivity contribution >= 4 is 9.84 Å². The molecule has 0 amide bonds. The molecular formula is C13H21NO2S. The van der Waals surface area contributed by atoms with Crippen LogP contribution in [0.2, 0.25) is 0 Å². The lowest BCUT2D eigenvalue weighted by Gasteiger charge is -2.15. The van der Waals surface area contributed by atoms with Gasteiger partial charge in [-0.3, -0.25) is 0 Å². The van der Waals surface area contributed by atoms with Crippen LogP contribution in [0.5, 0.6) is 0 Å². The number of hydrogen-bond donors (Lipinski definition) is 1. The van der Waals surface area contributed by atoms with E-state index in [0.717, 1.165) is 11.1 Å². The Kier molecular flexibility index (Phi) is 4.33. The summed E-state index contributed by atoms with van der Waals surface area (Å²) in [5, 5.41) is -0.375. The van der Waals surface area contributed by atoms with Crippen LogP contribution in [-0.4, -0.2) is 19.4 Å². The summed E-state index contributed by atoms with van der Waals surface area (Å²) >= 11 is 0. The zero-order chi connectivity index (χ0) is 13.2. The zero-order valence-corrected chi connectivity index (χ0v) is 11.7. The quantitative estimate of drug-likeness (QED) is 0.896. The second kappa shape index (κ2) is 5.19. The van der Waals surface area contributed by atoms with Gasteiger partial charge in [0.2, 0.25) is 0 Å². The van der Waals surface area contributed by atoms with E-state index in [0.29, 0.717) is 0 Å². The van der Waals surface area contributed by atoms with Gasteiger partial charge < -0.3 is 5.73 Å². The number of nitrogens with two attached hydrogens (primary N) is 1. The van der Waals surface area contributed by atoms with Crippen LogP contribution < -0.4 is 5.73 Å². The third kappa shape index (κ3) is 3.54. The van der Waals surface area contributed by atoms with E-state index in [4.69, 9.17) is 5.73 Å². The van der Waals surface area contributed by atoms with Crippen LogP contribution in [0.25, 0.3) is 0 Å². The third-order valence-electron chi connectivity index (χ3n) is 3.09. The van der Waals surface area contributed by atoms with E-state index >= 15 is 0 Å². The highest BCUT2D eigenvalue weighted by atomic mass is 32.2. The van der Waals surface area contributed by atoms with Gasteiger partial charge in [0.15, 0.2) is 9.84 Å². The molecule has 96 valence electrons. The average molecular weight is 255 g/mol. The van der Waals surface area contributed by atoms with Crippen LogP contribution in [0.4, 0.5) is 0 Å². The van der Waals surface area contributed by atoms with Crippen molar-refractivity contribution < 1.29 is 8.42 Å². The molecule has 0 aliphatic carbocycles. The fourth-order valence-electron chi connectivity index (χ4n) is 1.53. The van der Waals surface area contributed by atoms with Gasteiger partial charge >= 0.3 is 0 Å². The zero-order valence-electron chi connectivity index (χ0n) is 10.9. The van der Waals surface area contributed by atoms with E-state index in [1.807, 2.05) is 32.0 Å². The summed E-state index contributed by atoms with van der Waals surface area (Å²) in [6, 6.07) is 5.41. The van der Waals surface area contributed by atoms with Crippen molar-refractivity contribution in [1.82, 2.24) is 0 Å². The molecule has 1 aromatic carbocycles. The molecule has 1 unspecified atom stereocenters. The van der Waals surface area contributed by atoms with Gasteiger partial charge in [-0.1, -0.05) is 18.2 Å². The molecule has 0 fully saturated rings. The maximum atomic E-state index is 11.8. The molecule has 0 heterocycles. The number of hydrogen-bond acceptors (Lipinski definition) is 3. The highest BCUT2D eigenvalue weighted by molar-refractivity contribution is 7.92. The number of rotatable bonds is 4. The standard InChI is InChI=1S/C13H21NO2S/c1-9(2)17(15,16)8-13(14)12-6-5-10(3)11(4)7-12/h5-7,9,13H,8,14H2,1-4H3. The molecule has 17 heavy (non-hydrogen) atoms. The van der Waals surface area contributed by atoms with E-state index < -0.39 is 15.9 Å². The van der Waals surface area contributed by atoms with Crippen molar-refractivity contribution in [1.29, 1.82) is 0 Å². The molecule has 4 heteroatoms. The molecule has 0 aliphatic rings. The molecule has 1 aromatic rings. The first-order valence-corrected chi connectivity index (χ1v) is 7.50. The first kappa shape index (κ1) is 14.2. The highest BCUT2D eigenvalue weighted by Crippen LogP contribution is 2.18. The maximum absolute atomic E-state index is 11.8. The van der Waals surface area contributed by atoms with Crippen molar-refractivity contribution in [3.05, 3.63) is 34.9 Å². The minimum absolute atomic E-state index is 0.00711. The summed E-state index contributed by atoms with van der Waals surface area (Å²) in [4.78, 5) is 0. The highest BCUT2D eigenvalue weighted by Gasteiger charge is 2.21. The number of sulfone groups is 1. The van der Waals surface area contributed by atoms with Crippen molar-refractivity contribution in [3.63, 3.8) is 0 Å². The van der Waals surface area contributed by atoms with Crippen molar-refractivity contribution in [2.24, 2.45) is 5.73 Å². The summed E-state index contributed by atoms with van der Waals surface area (Å²) in [6.07, 6.45) is 0. The Morgan fingerprint density at radius 3 is 2.24 bits per heavy atom. The van der Waals surface area contributed by atoms with Crippen LogP contribution in [0.3, 0.4) is 0 Å². The Morgan fingerprint density at radius 1 is 1.18 bits per heavy atom. The lowest BCUT2D eigenvalue weighted by molar-refractivity contribution is 0.580. The monoisotopic (exact) mass is 255 g/mol. The van der Waals surface area contributed by atoms with Crippen LogP contribution in [0.15, 0.2) is 18.2 Å². The van der Waals surface area contributed by atoms with Gasteiger partial charge in [-0.2, -0.15) is 0 Å². The van der Waals surface area contributed by atoms with E-state index in [1.165, 1.54) is 5.56 Å².